The molecule has 4 nitrogen and oxygen atoms in total. The molecule has 1 aliphatic rings. The third kappa shape index (κ3) is 3.36. The Labute approximate surface area is 145 Å². The van der Waals surface area contributed by atoms with Crippen LogP contribution in [0.5, 0.6) is 0 Å². The molecule has 0 saturated heterocycles. The molecule has 1 unspecified atom stereocenters. The average molecular weight is 369 g/mol. The fourth-order valence-corrected chi connectivity index (χ4v) is 4.56. The van der Waals surface area contributed by atoms with Gasteiger partial charge in [0.25, 0.3) is 0 Å². The van der Waals surface area contributed by atoms with E-state index in [4.69, 9.17) is 5.11 Å². The molecule has 126 valence electrons. The molecule has 24 heavy (non-hydrogen) atoms. The maximum atomic E-state index is 13.8. The van der Waals surface area contributed by atoms with Crippen LogP contribution in [0, 0.1) is 16.8 Å². The molecular formula is C16H13F2NO3S2. The Kier molecular flexibility index (Phi) is 5.00. The van der Waals surface area contributed by atoms with E-state index in [2.05, 4.69) is 0 Å². The van der Waals surface area contributed by atoms with Crippen molar-refractivity contribution in [3.05, 3.63) is 62.5 Å². The van der Waals surface area contributed by atoms with E-state index >= 15 is 0 Å². The van der Waals surface area contributed by atoms with Gasteiger partial charge in [0.15, 0.2) is 16.6 Å². The van der Waals surface area contributed by atoms with Gasteiger partial charge in [0.1, 0.15) is 6.54 Å². The van der Waals surface area contributed by atoms with Crippen molar-refractivity contribution in [1.82, 2.24) is 0 Å². The van der Waals surface area contributed by atoms with E-state index in [9.17, 15) is 18.8 Å². The van der Waals surface area contributed by atoms with Gasteiger partial charge in [0, 0.05) is 16.2 Å². The van der Waals surface area contributed by atoms with Gasteiger partial charge in [0.2, 0.25) is 0 Å². The minimum absolute atomic E-state index is 0.0728. The van der Waals surface area contributed by atoms with Crippen LogP contribution in [0.1, 0.15) is 17.5 Å². The van der Waals surface area contributed by atoms with Crippen LogP contribution in [0.15, 0.2) is 34.6 Å². The molecule has 0 spiro atoms. The summed E-state index contributed by atoms with van der Waals surface area (Å²) >= 11 is 2.48. The van der Waals surface area contributed by atoms with Crippen LogP contribution in [0.4, 0.5) is 13.8 Å². The van der Waals surface area contributed by atoms with Gasteiger partial charge < -0.3 is 15.4 Å². The second-order valence-corrected chi connectivity index (χ2v) is 7.22. The molecule has 0 aliphatic carbocycles. The summed E-state index contributed by atoms with van der Waals surface area (Å²) in [5, 5.41) is 23.6. The minimum atomic E-state index is -0.994. The maximum Gasteiger partial charge on any atom is 0.307 e. The van der Waals surface area contributed by atoms with Gasteiger partial charge >= 0.3 is 5.97 Å². The first-order chi connectivity index (χ1) is 11.5. The number of thioether (sulfide) groups is 1. The van der Waals surface area contributed by atoms with Gasteiger partial charge in [0.05, 0.1) is 12.0 Å². The predicted molar refractivity (Wildman–Crippen MR) is 90.0 cm³/mol. The molecule has 0 fully saturated rings. The van der Waals surface area contributed by atoms with E-state index < -0.39 is 17.6 Å². The number of carboxylic acid groups (broad SMARTS) is 1. The molecular weight excluding hydrogens is 356 g/mol. The Morgan fingerprint density at radius 1 is 1.38 bits per heavy atom. The number of thiophene rings is 1. The Balaban J connectivity index is 1.91. The largest absolute Gasteiger partial charge is 0.628 e. The number of hydrogen-bond donors (Lipinski definition) is 2. The van der Waals surface area contributed by atoms with Crippen molar-refractivity contribution in [1.29, 1.82) is 0 Å². The first-order valence-corrected chi connectivity index (χ1v) is 8.94. The molecule has 0 bridgehead atoms. The van der Waals surface area contributed by atoms with Gasteiger partial charge in [-0.1, -0.05) is 23.5 Å². The Hall–Kier alpha value is -1.74. The fraction of sp³-hybridized carbons (Fsp3) is 0.188. The topological polar surface area (TPSA) is 64.8 Å². The zero-order chi connectivity index (χ0) is 17.3. The number of benzene rings is 1. The highest BCUT2D eigenvalue weighted by Crippen LogP contribution is 2.38. The molecule has 2 aromatic rings. The molecule has 2 N–H and O–H groups in total. The average Bonchev–Trinajstić information content (AvgIpc) is 3.02. The van der Waals surface area contributed by atoms with Crippen molar-refractivity contribution >= 4 is 39.6 Å². The number of nitrogens with one attached hydrogen (secondary N) is 1. The molecule has 0 radical (unpaired) electrons. The number of rotatable bonds is 5. The number of quaternary nitrogens is 1. The molecule has 0 saturated carbocycles. The van der Waals surface area contributed by atoms with Gasteiger partial charge in [-0.15, -0.1) is 11.8 Å². The number of aliphatic carboxylic acids is 1. The van der Waals surface area contributed by atoms with E-state index in [1.807, 2.05) is 0 Å². The van der Waals surface area contributed by atoms with Gasteiger partial charge in [-0.05, 0) is 23.1 Å². The van der Waals surface area contributed by atoms with Crippen molar-refractivity contribution < 1.29 is 23.7 Å². The quantitative estimate of drug-likeness (QED) is 0.795. The molecule has 3 rings (SSSR count). The lowest BCUT2D eigenvalue weighted by atomic mass is 10.0. The van der Waals surface area contributed by atoms with E-state index in [1.165, 1.54) is 35.2 Å². The third-order valence-electron chi connectivity index (χ3n) is 3.66. The van der Waals surface area contributed by atoms with Crippen LogP contribution in [-0.4, -0.2) is 17.6 Å². The van der Waals surface area contributed by atoms with Crippen LogP contribution in [0.2, 0.25) is 0 Å². The molecule has 1 aromatic heterocycles. The van der Waals surface area contributed by atoms with Crippen LogP contribution in [0.3, 0.4) is 0 Å². The Morgan fingerprint density at radius 2 is 2.17 bits per heavy atom. The Morgan fingerprint density at radius 3 is 2.92 bits per heavy atom. The SMILES string of the molecule is O=C(O)CC1=C(SCc2cccc(F)c2F)C[NH+]([O-])c2sccc21. The first-order valence-electron chi connectivity index (χ1n) is 7.08. The summed E-state index contributed by atoms with van der Waals surface area (Å²) < 4.78 is 27.0. The summed E-state index contributed by atoms with van der Waals surface area (Å²) in [5.41, 5.74) is 1.41. The van der Waals surface area contributed by atoms with Crippen LogP contribution >= 0.6 is 23.1 Å². The lowest BCUT2D eigenvalue weighted by Gasteiger charge is -2.29. The van der Waals surface area contributed by atoms with Gasteiger partial charge in [-0.3, -0.25) is 4.79 Å². The first kappa shape index (κ1) is 17.1. The molecule has 1 atom stereocenters. The highest BCUT2D eigenvalue weighted by atomic mass is 32.2. The van der Waals surface area contributed by atoms with Crippen molar-refractivity contribution in [3.8, 4) is 0 Å². The van der Waals surface area contributed by atoms with E-state index in [0.29, 0.717) is 21.0 Å². The molecule has 1 aliphatic heterocycles. The zero-order valence-electron chi connectivity index (χ0n) is 12.3. The number of carboxylic acids is 1. The lowest BCUT2D eigenvalue weighted by Crippen LogP contribution is -3.02. The van der Waals surface area contributed by atoms with E-state index in [0.717, 1.165) is 6.07 Å². The standard InChI is InChI=1S/C16H13F2NO3S2/c17-12-3-1-2-9(15(12)18)8-24-13-7-19(22)16-10(4-5-23-16)11(13)6-14(20)21/h1-5,19H,6-8H2,(H,20,21). The minimum Gasteiger partial charge on any atom is -0.628 e. The second kappa shape index (κ2) is 7.02. The number of carbonyl (C=O) groups is 1. The van der Waals surface area contributed by atoms with Crippen molar-refractivity contribution in [3.63, 3.8) is 0 Å². The van der Waals surface area contributed by atoms with Crippen LogP contribution in [0.25, 0.3) is 5.57 Å². The van der Waals surface area contributed by atoms with E-state index in [1.54, 1.807) is 11.4 Å². The molecule has 2 heterocycles. The number of fused-ring (bicyclic) bond motifs is 1. The van der Waals surface area contributed by atoms with Crippen LogP contribution < -0.4 is 5.06 Å². The maximum absolute atomic E-state index is 13.8. The number of halogens is 2. The summed E-state index contributed by atoms with van der Waals surface area (Å²) in [5.74, 6) is -2.70. The Bertz CT molecular complexity index is 819. The third-order valence-corrected chi connectivity index (χ3v) is 5.81. The lowest BCUT2D eigenvalue weighted by molar-refractivity contribution is -0.767. The highest BCUT2D eigenvalue weighted by Gasteiger charge is 2.27. The summed E-state index contributed by atoms with van der Waals surface area (Å²) in [7, 11) is 0. The van der Waals surface area contributed by atoms with E-state index in [-0.39, 0.29) is 29.3 Å². The van der Waals surface area contributed by atoms with Crippen LogP contribution in [-0.2, 0) is 10.5 Å². The summed E-state index contributed by atoms with van der Waals surface area (Å²) in [6.07, 6.45) is -0.203. The summed E-state index contributed by atoms with van der Waals surface area (Å²) in [6, 6.07) is 5.67. The molecule has 0 amide bonds. The molecule has 1 aromatic carbocycles. The van der Waals surface area contributed by atoms with Crippen molar-refractivity contribution in [2.45, 2.75) is 12.2 Å². The molecule has 8 heteroatoms. The number of hydroxylamine groups is 1. The number of hydrogen-bond acceptors (Lipinski definition) is 4. The predicted octanol–water partition coefficient (Wildman–Crippen LogP) is 3.17. The van der Waals surface area contributed by atoms with Gasteiger partial charge in [-0.2, -0.15) is 0 Å². The van der Waals surface area contributed by atoms with Gasteiger partial charge in [-0.25, -0.2) is 8.78 Å². The highest BCUT2D eigenvalue weighted by molar-refractivity contribution is 8.02. The summed E-state index contributed by atoms with van der Waals surface area (Å²) in [4.78, 5) is 11.8. The summed E-state index contributed by atoms with van der Waals surface area (Å²) in [6.45, 7) is 0.0950. The monoisotopic (exact) mass is 369 g/mol. The van der Waals surface area contributed by atoms with Crippen molar-refractivity contribution in [2.75, 3.05) is 6.54 Å². The second-order valence-electron chi connectivity index (χ2n) is 5.24. The zero-order valence-corrected chi connectivity index (χ0v) is 14.0. The van der Waals surface area contributed by atoms with Crippen molar-refractivity contribution in [2.24, 2.45) is 0 Å². The normalized spacial score (nSPS) is 17.0. The smallest absolute Gasteiger partial charge is 0.307 e. The fourth-order valence-electron chi connectivity index (χ4n) is 2.55.